The Kier molecular flexibility index (Phi) is 6.84. The van der Waals surface area contributed by atoms with E-state index in [0.29, 0.717) is 40.7 Å². The first-order chi connectivity index (χ1) is 12.6. The summed E-state index contributed by atoms with van der Waals surface area (Å²) in [4.78, 5) is 12.1. The third kappa shape index (κ3) is 4.44. The Labute approximate surface area is 152 Å². The summed E-state index contributed by atoms with van der Waals surface area (Å²) in [6.07, 6.45) is 1.48. The first-order valence-corrected chi connectivity index (χ1v) is 7.99. The molecule has 0 radical (unpaired) electrons. The van der Waals surface area contributed by atoms with Gasteiger partial charge in [0, 0.05) is 11.1 Å². The minimum Gasteiger partial charge on any atom is -0.494 e. The molecule has 0 saturated carbocycles. The molecule has 0 aliphatic carbocycles. The van der Waals surface area contributed by atoms with Crippen molar-refractivity contribution >= 4 is 12.1 Å². The second-order valence-corrected chi connectivity index (χ2v) is 5.08. The molecule has 2 aromatic rings. The zero-order valence-electron chi connectivity index (χ0n) is 15.2. The number of hydrogen-bond donors (Lipinski definition) is 1. The van der Waals surface area contributed by atoms with Crippen LogP contribution < -0.4 is 24.4 Å². The molecule has 2 rings (SSSR count). The molecule has 7 nitrogen and oxygen atoms in total. The molecule has 0 aliphatic heterocycles. The fourth-order valence-electron chi connectivity index (χ4n) is 2.32. The van der Waals surface area contributed by atoms with Crippen LogP contribution in [0.5, 0.6) is 23.0 Å². The number of rotatable bonds is 8. The number of hydrazone groups is 1. The first-order valence-electron chi connectivity index (χ1n) is 7.99. The van der Waals surface area contributed by atoms with Crippen LogP contribution in [0.1, 0.15) is 22.8 Å². The summed E-state index contributed by atoms with van der Waals surface area (Å²) in [6, 6.07) is 10.3. The normalized spacial score (nSPS) is 10.5. The number of amides is 1. The number of methoxy groups -OCH3 is 3. The third-order valence-electron chi connectivity index (χ3n) is 3.53. The van der Waals surface area contributed by atoms with E-state index in [1.54, 1.807) is 43.5 Å². The van der Waals surface area contributed by atoms with E-state index in [2.05, 4.69) is 10.5 Å². The van der Waals surface area contributed by atoms with Gasteiger partial charge in [-0.05, 0) is 43.3 Å². The highest BCUT2D eigenvalue weighted by atomic mass is 16.5. The summed E-state index contributed by atoms with van der Waals surface area (Å²) in [5.41, 5.74) is 3.59. The summed E-state index contributed by atoms with van der Waals surface area (Å²) in [7, 11) is 4.59. The molecule has 0 bridgehead atoms. The van der Waals surface area contributed by atoms with E-state index in [1.807, 2.05) is 6.92 Å². The highest BCUT2D eigenvalue weighted by molar-refractivity contribution is 5.95. The molecule has 0 aliphatic rings. The Morgan fingerprint density at radius 2 is 1.69 bits per heavy atom. The van der Waals surface area contributed by atoms with Gasteiger partial charge in [-0.3, -0.25) is 4.79 Å². The first kappa shape index (κ1) is 19.1. The van der Waals surface area contributed by atoms with Crippen molar-refractivity contribution in [3.63, 3.8) is 0 Å². The highest BCUT2D eigenvalue weighted by Crippen LogP contribution is 2.38. The van der Waals surface area contributed by atoms with Gasteiger partial charge in [-0.2, -0.15) is 5.10 Å². The molecular weight excluding hydrogens is 336 g/mol. The van der Waals surface area contributed by atoms with E-state index in [1.165, 1.54) is 20.4 Å². The predicted octanol–water partition coefficient (Wildman–Crippen LogP) is 2.88. The van der Waals surface area contributed by atoms with Crippen LogP contribution >= 0.6 is 0 Å². The van der Waals surface area contributed by atoms with Gasteiger partial charge >= 0.3 is 0 Å². The number of nitrogens with one attached hydrogen (secondary N) is 1. The minimum absolute atomic E-state index is 0.330. The number of ether oxygens (including phenoxy) is 4. The summed E-state index contributed by atoms with van der Waals surface area (Å²) in [6.45, 7) is 2.47. The van der Waals surface area contributed by atoms with Crippen LogP contribution in [-0.4, -0.2) is 40.1 Å². The molecule has 26 heavy (non-hydrogen) atoms. The lowest BCUT2D eigenvalue weighted by Gasteiger charge is -2.13. The largest absolute Gasteiger partial charge is 0.494 e. The zero-order valence-corrected chi connectivity index (χ0v) is 15.2. The van der Waals surface area contributed by atoms with E-state index >= 15 is 0 Å². The van der Waals surface area contributed by atoms with E-state index in [-0.39, 0.29) is 5.91 Å². The zero-order chi connectivity index (χ0) is 18.9. The van der Waals surface area contributed by atoms with E-state index in [9.17, 15) is 4.79 Å². The van der Waals surface area contributed by atoms with E-state index < -0.39 is 0 Å². The maximum absolute atomic E-state index is 12.1. The Balaban J connectivity index is 2.11. The molecule has 0 spiro atoms. The monoisotopic (exact) mass is 358 g/mol. The van der Waals surface area contributed by atoms with Crippen LogP contribution in [0.15, 0.2) is 41.5 Å². The maximum atomic E-state index is 12.1. The molecule has 0 aromatic heterocycles. The lowest BCUT2D eigenvalue weighted by molar-refractivity contribution is 0.0955. The highest BCUT2D eigenvalue weighted by Gasteiger charge is 2.14. The average molecular weight is 358 g/mol. The summed E-state index contributed by atoms with van der Waals surface area (Å²) in [5, 5.41) is 3.98. The van der Waals surface area contributed by atoms with Crippen LogP contribution in [0.4, 0.5) is 0 Å². The van der Waals surface area contributed by atoms with Crippen molar-refractivity contribution in [1.82, 2.24) is 5.43 Å². The van der Waals surface area contributed by atoms with Gasteiger partial charge in [0.05, 0.1) is 34.2 Å². The van der Waals surface area contributed by atoms with Gasteiger partial charge in [-0.1, -0.05) is 0 Å². The van der Waals surface area contributed by atoms with Gasteiger partial charge in [-0.15, -0.1) is 0 Å². The van der Waals surface area contributed by atoms with Gasteiger partial charge < -0.3 is 18.9 Å². The van der Waals surface area contributed by atoms with Crippen LogP contribution in [0.2, 0.25) is 0 Å². The van der Waals surface area contributed by atoms with E-state index in [4.69, 9.17) is 18.9 Å². The molecule has 7 heteroatoms. The number of hydrogen-bond acceptors (Lipinski definition) is 6. The standard InChI is InChI=1S/C19H22N2O5/c1-5-26-15-9-6-13(7-10-15)19(22)21-20-12-14-8-11-16(23-2)18(25-4)17(14)24-3/h6-12H,5H2,1-4H3,(H,21,22). The van der Waals surface area contributed by atoms with Crippen molar-refractivity contribution in [2.45, 2.75) is 6.92 Å². The van der Waals surface area contributed by atoms with Gasteiger partial charge in [0.15, 0.2) is 11.5 Å². The molecule has 0 unspecified atom stereocenters. The van der Waals surface area contributed by atoms with Crippen molar-refractivity contribution < 1.29 is 23.7 Å². The van der Waals surface area contributed by atoms with Crippen molar-refractivity contribution in [2.24, 2.45) is 5.10 Å². The molecule has 0 heterocycles. The van der Waals surface area contributed by atoms with Crippen LogP contribution in [0.3, 0.4) is 0 Å². The second-order valence-electron chi connectivity index (χ2n) is 5.08. The lowest BCUT2D eigenvalue weighted by Crippen LogP contribution is -2.17. The molecule has 2 aromatic carbocycles. The quantitative estimate of drug-likeness (QED) is 0.580. The summed E-state index contributed by atoms with van der Waals surface area (Å²) < 4.78 is 21.3. The molecule has 1 amide bonds. The number of carbonyl (C=O) groups excluding carboxylic acids is 1. The molecule has 1 N–H and O–H groups in total. The van der Waals surface area contributed by atoms with Gasteiger partial charge in [0.1, 0.15) is 5.75 Å². The van der Waals surface area contributed by atoms with Gasteiger partial charge in [-0.25, -0.2) is 5.43 Å². The Morgan fingerprint density at radius 1 is 1.00 bits per heavy atom. The van der Waals surface area contributed by atoms with Crippen molar-refractivity contribution in [1.29, 1.82) is 0 Å². The third-order valence-corrected chi connectivity index (χ3v) is 3.53. The molecule has 0 saturated heterocycles. The predicted molar refractivity (Wildman–Crippen MR) is 98.8 cm³/mol. The Hall–Kier alpha value is -3.22. The van der Waals surface area contributed by atoms with Gasteiger partial charge in [0.25, 0.3) is 5.91 Å². The van der Waals surface area contributed by atoms with Crippen molar-refractivity contribution in [2.75, 3.05) is 27.9 Å². The molecular formula is C19H22N2O5. The topological polar surface area (TPSA) is 78.4 Å². The minimum atomic E-state index is -0.330. The number of benzene rings is 2. The number of nitrogens with zero attached hydrogens (tertiary/aromatic N) is 1. The van der Waals surface area contributed by atoms with Crippen molar-refractivity contribution in [3.8, 4) is 23.0 Å². The van der Waals surface area contributed by atoms with Crippen LogP contribution in [0, 0.1) is 0 Å². The van der Waals surface area contributed by atoms with Crippen LogP contribution in [0.25, 0.3) is 0 Å². The van der Waals surface area contributed by atoms with E-state index in [0.717, 1.165) is 0 Å². The Morgan fingerprint density at radius 3 is 2.27 bits per heavy atom. The lowest BCUT2D eigenvalue weighted by atomic mass is 10.2. The average Bonchev–Trinajstić information content (AvgIpc) is 2.68. The summed E-state index contributed by atoms with van der Waals surface area (Å²) >= 11 is 0. The fourth-order valence-corrected chi connectivity index (χ4v) is 2.32. The molecule has 0 atom stereocenters. The SMILES string of the molecule is CCOc1ccc(C(=O)NN=Cc2ccc(OC)c(OC)c2OC)cc1. The number of carbonyl (C=O) groups is 1. The Bertz CT molecular complexity index is 772. The second kappa shape index (κ2) is 9.31. The smallest absolute Gasteiger partial charge is 0.271 e. The molecule has 0 fully saturated rings. The van der Waals surface area contributed by atoms with Crippen molar-refractivity contribution in [3.05, 3.63) is 47.5 Å². The van der Waals surface area contributed by atoms with Gasteiger partial charge in [0.2, 0.25) is 5.75 Å². The van der Waals surface area contributed by atoms with Crippen LogP contribution in [-0.2, 0) is 0 Å². The fraction of sp³-hybridized carbons (Fsp3) is 0.263. The summed E-state index contributed by atoms with van der Waals surface area (Å²) in [5.74, 6) is 1.84. The maximum Gasteiger partial charge on any atom is 0.271 e. The molecule has 138 valence electrons.